The molecule has 1 aliphatic carbocycles. The average Bonchev–Trinajstić information content (AvgIpc) is 3.42. The predicted octanol–water partition coefficient (Wildman–Crippen LogP) is 5.84. The van der Waals surface area contributed by atoms with Gasteiger partial charge in [-0.2, -0.15) is 0 Å². The molecule has 3 fully saturated rings. The molecule has 2 aliphatic heterocycles. The second kappa shape index (κ2) is 10.5. The third-order valence-electron chi connectivity index (χ3n) is 7.97. The van der Waals surface area contributed by atoms with Gasteiger partial charge < -0.3 is 14.9 Å². The molecule has 37 heavy (non-hydrogen) atoms. The van der Waals surface area contributed by atoms with E-state index < -0.39 is 18.4 Å². The summed E-state index contributed by atoms with van der Waals surface area (Å²) in [5.41, 5.74) is 2.66. The first-order valence-corrected chi connectivity index (χ1v) is 13.6. The standard InChI is InChI=1S/C28H30Cl2F2N2O3/c29-24-14-20(17-1-3-18(4-2-17)26(36)33-12-10-28(31,32)16-33)15-25(30)23(24)13-19-9-11-34(27(19)37)21-5-7-22(35)8-6-21/h1-4,14-15,19,21-22,35H,5-13,16H2/t19-,21?,22?/m0/s1. The highest BCUT2D eigenvalue weighted by Gasteiger charge is 2.40. The Morgan fingerprint density at radius 3 is 2.22 bits per heavy atom. The summed E-state index contributed by atoms with van der Waals surface area (Å²) in [5.74, 6) is -3.27. The second-order valence-electron chi connectivity index (χ2n) is 10.5. The van der Waals surface area contributed by atoms with E-state index in [0.29, 0.717) is 22.0 Å². The number of nitrogens with zero attached hydrogens (tertiary/aromatic N) is 2. The molecule has 2 aromatic rings. The van der Waals surface area contributed by atoms with E-state index in [-0.39, 0.29) is 36.9 Å². The zero-order valence-corrected chi connectivity index (χ0v) is 21.9. The largest absolute Gasteiger partial charge is 0.393 e. The van der Waals surface area contributed by atoms with Crippen LogP contribution in [0.2, 0.25) is 10.0 Å². The monoisotopic (exact) mass is 550 g/mol. The Balaban J connectivity index is 1.26. The second-order valence-corrected chi connectivity index (χ2v) is 11.3. The molecule has 3 aliphatic rings. The van der Waals surface area contributed by atoms with E-state index >= 15 is 0 Å². The molecule has 0 bridgehead atoms. The minimum absolute atomic E-state index is 0.0469. The Bertz CT molecular complexity index is 1160. The highest BCUT2D eigenvalue weighted by Crippen LogP contribution is 2.37. The predicted molar refractivity (Wildman–Crippen MR) is 139 cm³/mol. The number of amides is 2. The number of halogens is 4. The Morgan fingerprint density at radius 1 is 0.973 bits per heavy atom. The van der Waals surface area contributed by atoms with Crippen LogP contribution in [0.25, 0.3) is 11.1 Å². The summed E-state index contributed by atoms with van der Waals surface area (Å²) in [5, 5.41) is 10.7. The molecule has 2 heterocycles. The molecule has 5 rings (SSSR count). The molecule has 1 N–H and O–H groups in total. The molecule has 2 aromatic carbocycles. The quantitative estimate of drug-likeness (QED) is 0.509. The third kappa shape index (κ3) is 5.64. The normalized spacial score (nSPS) is 25.6. The number of rotatable bonds is 5. The number of likely N-dealkylation sites (tertiary alicyclic amines) is 2. The highest BCUT2D eigenvalue weighted by molar-refractivity contribution is 6.36. The third-order valence-corrected chi connectivity index (χ3v) is 8.65. The van der Waals surface area contributed by atoms with Gasteiger partial charge in [-0.25, -0.2) is 8.78 Å². The van der Waals surface area contributed by atoms with Crippen molar-refractivity contribution < 1.29 is 23.5 Å². The lowest BCUT2D eigenvalue weighted by Gasteiger charge is -2.33. The summed E-state index contributed by atoms with van der Waals surface area (Å²) < 4.78 is 27.0. The number of hydrogen-bond donors (Lipinski definition) is 1. The number of carbonyl (C=O) groups excluding carboxylic acids is 2. The maximum Gasteiger partial charge on any atom is 0.267 e. The molecule has 0 unspecified atom stereocenters. The van der Waals surface area contributed by atoms with Crippen LogP contribution in [0, 0.1) is 5.92 Å². The van der Waals surface area contributed by atoms with Crippen LogP contribution in [0.15, 0.2) is 36.4 Å². The molecule has 1 saturated carbocycles. The van der Waals surface area contributed by atoms with Crippen LogP contribution in [-0.4, -0.2) is 64.4 Å². The van der Waals surface area contributed by atoms with E-state index in [1.807, 2.05) is 4.90 Å². The van der Waals surface area contributed by atoms with Crippen LogP contribution in [-0.2, 0) is 11.2 Å². The van der Waals surface area contributed by atoms with Gasteiger partial charge in [0.05, 0.1) is 12.6 Å². The molecule has 0 spiro atoms. The fraction of sp³-hybridized carbons (Fsp3) is 0.500. The Kier molecular flexibility index (Phi) is 7.49. The maximum atomic E-state index is 13.5. The van der Waals surface area contributed by atoms with E-state index in [0.717, 1.165) is 55.3 Å². The van der Waals surface area contributed by atoms with Gasteiger partial charge in [-0.05, 0) is 79.5 Å². The molecule has 198 valence electrons. The van der Waals surface area contributed by atoms with Crippen LogP contribution in [0.3, 0.4) is 0 Å². The topological polar surface area (TPSA) is 60.9 Å². The van der Waals surface area contributed by atoms with Crippen molar-refractivity contribution in [3.63, 3.8) is 0 Å². The summed E-state index contributed by atoms with van der Waals surface area (Å²) in [6.45, 7) is 0.217. The van der Waals surface area contributed by atoms with Crippen LogP contribution in [0.4, 0.5) is 8.78 Å². The van der Waals surface area contributed by atoms with Gasteiger partial charge in [0.1, 0.15) is 0 Å². The summed E-state index contributed by atoms with van der Waals surface area (Å²) >= 11 is 13.3. The smallest absolute Gasteiger partial charge is 0.267 e. The molecular weight excluding hydrogens is 521 g/mol. The average molecular weight is 551 g/mol. The summed E-state index contributed by atoms with van der Waals surface area (Å²) in [6.07, 6.45) is 3.81. The van der Waals surface area contributed by atoms with E-state index in [1.165, 1.54) is 4.90 Å². The van der Waals surface area contributed by atoms with Crippen molar-refractivity contribution in [3.05, 3.63) is 57.6 Å². The summed E-state index contributed by atoms with van der Waals surface area (Å²) in [4.78, 5) is 28.8. The van der Waals surface area contributed by atoms with Crippen molar-refractivity contribution >= 4 is 35.0 Å². The zero-order chi connectivity index (χ0) is 26.3. The van der Waals surface area contributed by atoms with Crippen molar-refractivity contribution in [1.29, 1.82) is 0 Å². The van der Waals surface area contributed by atoms with Gasteiger partial charge in [0, 0.05) is 47.1 Å². The number of aliphatic hydroxyl groups excluding tert-OH is 1. The van der Waals surface area contributed by atoms with E-state index in [4.69, 9.17) is 23.2 Å². The molecule has 9 heteroatoms. The van der Waals surface area contributed by atoms with Crippen molar-refractivity contribution in [2.24, 2.45) is 5.92 Å². The first-order valence-electron chi connectivity index (χ1n) is 12.9. The lowest BCUT2D eigenvalue weighted by atomic mass is 9.92. The number of aliphatic hydroxyl groups is 1. The first-order chi connectivity index (χ1) is 17.6. The molecule has 5 nitrogen and oxygen atoms in total. The lowest BCUT2D eigenvalue weighted by molar-refractivity contribution is -0.133. The Hall–Kier alpha value is -2.22. The fourth-order valence-corrected chi connectivity index (χ4v) is 6.43. The van der Waals surface area contributed by atoms with Gasteiger partial charge in [-0.1, -0.05) is 35.3 Å². The van der Waals surface area contributed by atoms with Crippen molar-refractivity contribution in [1.82, 2.24) is 9.80 Å². The zero-order valence-electron chi connectivity index (χ0n) is 20.4. The Labute approximate surface area is 225 Å². The van der Waals surface area contributed by atoms with Gasteiger partial charge in [0.15, 0.2) is 0 Å². The molecule has 0 radical (unpaired) electrons. The minimum atomic E-state index is -2.83. The SMILES string of the molecule is O=C(c1ccc(-c2cc(Cl)c(C[C@@H]3CCN(C4CCC(O)CC4)C3=O)c(Cl)c2)cc1)N1CCC(F)(F)C1. The first kappa shape index (κ1) is 26.4. The molecule has 2 saturated heterocycles. The van der Waals surface area contributed by atoms with Gasteiger partial charge >= 0.3 is 0 Å². The molecule has 2 amide bonds. The van der Waals surface area contributed by atoms with Crippen LogP contribution in [0.1, 0.15) is 54.4 Å². The van der Waals surface area contributed by atoms with Crippen LogP contribution in [0.5, 0.6) is 0 Å². The maximum absolute atomic E-state index is 13.5. The summed E-state index contributed by atoms with van der Waals surface area (Å²) in [7, 11) is 0. The molecule has 1 atom stereocenters. The van der Waals surface area contributed by atoms with Gasteiger partial charge in [0.2, 0.25) is 5.91 Å². The molecular formula is C28H30Cl2F2N2O3. The van der Waals surface area contributed by atoms with Crippen LogP contribution < -0.4 is 0 Å². The number of carbonyl (C=O) groups is 2. The van der Waals surface area contributed by atoms with Crippen molar-refractivity contribution in [2.45, 2.75) is 63.0 Å². The van der Waals surface area contributed by atoms with Crippen LogP contribution >= 0.6 is 23.2 Å². The number of benzene rings is 2. The lowest BCUT2D eigenvalue weighted by Crippen LogP contribution is -2.41. The molecule has 0 aromatic heterocycles. The van der Waals surface area contributed by atoms with Gasteiger partial charge in [-0.15, -0.1) is 0 Å². The van der Waals surface area contributed by atoms with Crippen molar-refractivity contribution in [2.75, 3.05) is 19.6 Å². The van der Waals surface area contributed by atoms with Gasteiger partial charge in [0.25, 0.3) is 11.8 Å². The highest BCUT2D eigenvalue weighted by atomic mass is 35.5. The van der Waals surface area contributed by atoms with E-state index in [2.05, 4.69) is 0 Å². The fourth-order valence-electron chi connectivity index (χ4n) is 5.79. The summed E-state index contributed by atoms with van der Waals surface area (Å²) in [6, 6.07) is 10.6. The Morgan fingerprint density at radius 2 is 1.62 bits per heavy atom. The van der Waals surface area contributed by atoms with Gasteiger partial charge in [-0.3, -0.25) is 9.59 Å². The number of alkyl halides is 2. The van der Waals surface area contributed by atoms with E-state index in [1.54, 1.807) is 36.4 Å². The minimum Gasteiger partial charge on any atom is -0.393 e. The number of hydrogen-bond acceptors (Lipinski definition) is 3. The van der Waals surface area contributed by atoms with E-state index in [9.17, 15) is 23.5 Å². The van der Waals surface area contributed by atoms with Crippen molar-refractivity contribution in [3.8, 4) is 11.1 Å².